The highest BCUT2D eigenvalue weighted by atomic mass is 127. The number of benzene rings is 7. The van der Waals surface area contributed by atoms with E-state index in [0.29, 0.717) is 155 Å². The zero-order chi connectivity index (χ0) is 108. The van der Waals surface area contributed by atoms with Gasteiger partial charge in [0.25, 0.3) is 0 Å². The van der Waals surface area contributed by atoms with E-state index >= 15 is 0 Å². The number of carboxylic acid groups (broad SMARTS) is 1. The van der Waals surface area contributed by atoms with Crippen molar-refractivity contribution in [1.82, 2.24) is 15.0 Å². The molecular weight excluding hydrogens is 2190 g/mol. The van der Waals surface area contributed by atoms with Crippen molar-refractivity contribution in [2.75, 3.05) is 83.3 Å². The molecule has 4 aliphatic heterocycles. The summed E-state index contributed by atoms with van der Waals surface area (Å²) in [4.78, 5) is 78.4. The van der Waals surface area contributed by atoms with E-state index in [4.69, 9.17) is 114 Å². The number of aryl methyl sites for hydroxylation is 1. The molecule has 0 bridgehead atoms. The number of hydrogen-bond donors (Lipinski definition) is 2. The topological polar surface area (TPSA) is 407 Å². The Morgan fingerprint density at radius 2 is 0.869 bits per heavy atom. The molecule has 17 rings (SSSR count). The van der Waals surface area contributed by atoms with Gasteiger partial charge in [-0.2, -0.15) is 19.6 Å². The van der Waals surface area contributed by atoms with Gasteiger partial charge in [-0.05, 0) is 259 Å². The fourth-order valence-electron chi connectivity index (χ4n) is 14.0. The monoisotopic (exact) mass is 2300 g/mol. The number of pyridine rings is 3. The van der Waals surface area contributed by atoms with Gasteiger partial charge in [0.2, 0.25) is 5.24 Å². The maximum Gasteiger partial charge on any atom is 0.498 e. The van der Waals surface area contributed by atoms with Gasteiger partial charge in [0.15, 0.2) is 26.3 Å². The molecule has 4 fully saturated rings. The number of halogens is 6. The summed E-state index contributed by atoms with van der Waals surface area (Å²) in [7, 11) is 13.5. The molecule has 1 radical (unpaired) electrons. The average molecular weight is 2300 g/mol. The Labute approximate surface area is 892 Å². The minimum Gasteiger partial charge on any atom is -0.497 e. The predicted molar refractivity (Wildman–Crippen MR) is 576 cm³/mol. The number of carbonyl (C=O) groups excluding carboxylic acids is 5. The van der Waals surface area contributed by atoms with E-state index < -0.39 is 54.5 Å². The van der Waals surface area contributed by atoms with Gasteiger partial charge in [-0.15, -0.1) is 0 Å². The predicted octanol–water partition coefficient (Wildman–Crippen LogP) is 21.8. The molecule has 31 nitrogen and oxygen atoms in total. The summed E-state index contributed by atoms with van der Waals surface area (Å²) in [5, 5.41) is 35.6. The first kappa shape index (κ1) is 117. The van der Waals surface area contributed by atoms with Crippen LogP contribution in [0.3, 0.4) is 0 Å². The Balaban J connectivity index is 0.000000212. The quantitative estimate of drug-likeness (QED) is 0.0153. The molecule has 7 aromatic carbocycles. The molecule has 2 N–H and O–H groups in total. The van der Waals surface area contributed by atoms with Crippen LogP contribution < -0.4 is 39.3 Å². The summed E-state index contributed by atoms with van der Waals surface area (Å²) in [6.45, 7) is 23.4. The molecule has 4 saturated heterocycles. The van der Waals surface area contributed by atoms with Crippen LogP contribution in [0.4, 0.5) is 0 Å². The molecule has 763 valence electrons. The van der Waals surface area contributed by atoms with Gasteiger partial charge < -0.3 is 94.2 Å². The lowest BCUT2D eigenvalue weighted by atomic mass is 9.78. The van der Waals surface area contributed by atoms with Crippen molar-refractivity contribution in [1.29, 1.82) is 11.9 Å². The molecular formula is C104H110B3Br2Cl3IN5O26P. The second-order valence-corrected chi connectivity index (χ2v) is 37.6. The highest BCUT2D eigenvalue weighted by molar-refractivity contribution is 14.1. The molecule has 1 unspecified atom stereocenters. The van der Waals surface area contributed by atoms with Crippen LogP contribution in [0.1, 0.15) is 163 Å². The van der Waals surface area contributed by atoms with E-state index in [2.05, 4.69) is 107 Å². The third-order valence-corrected chi connectivity index (χ3v) is 25.7. The highest BCUT2D eigenvalue weighted by Crippen LogP contribution is 2.43. The number of rotatable bonds is 18. The smallest absolute Gasteiger partial charge is 0.497 e. The lowest BCUT2D eigenvalue weighted by molar-refractivity contribution is -0.109. The first-order chi connectivity index (χ1) is 69.4. The van der Waals surface area contributed by atoms with Crippen molar-refractivity contribution >= 4 is 199 Å². The number of ether oxygens (including phenoxy) is 11. The number of ketones is 1. The summed E-state index contributed by atoms with van der Waals surface area (Å²) < 4.78 is 108. The Morgan fingerprint density at radius 3 is 1.31 bits per heavy atom. The second kappa shape index (κ2) is 55.9. The number of nitriles is 2. The van der Waals surface area contributed by atoms with Crippen LogP contribution in [0.15, 0.2) is 205 Å². The van der Waals surface area contributed by atoms with Gasteiger partial charge in [0.1, 0.15) is 94.4 Å². The minimum absolute atomic E-state index is 0.0408. The Kier molecular flexibility index (Phi) is 45.1. The number of furan rings is 3. The van der Waals surface area contributed by atoms with Crippen molar-refractivity contribution < 1.29 is 123 Å². The van der Waals surface area contributed by atoms with Crippen molar-refractivity contribution in [2.24, 2.45) is 0 Å². The lowest BCUT2D eigenvalue weighted by Gasteiger charge is -2.32. The van der Waals surface area contributed by atoms with E-state index in [1.165, 1.54) is 49.8 Å². The fourth-order valence-corrected chi connectivity index (χ4v) is 15.5. The third kappa shape index (κ3) is 32.0. The number of aliphatic hydroxyl groups excluding tert-OH is 1. The zero-order valence-corrected chi connectivity index (χ0v) is 91.9. The second-order valence-electron chi connectivity index (χ2n) is 33.5. The van der Waals surface area contributed by atoms with Crippen LogP contribution in [0.25, 0.3) is 67.1 Å². The van der Waals surface area contributed by atoms with Crippen molar-refractivity contribution in [3.63, 3.8) is 0 Å². The molecule has 41 heteroatoms. The molecule has 0 aliphatic carbocycles. The molecule has 145 heavy (non-hydrogen) atoms. The number of nitrogens with zero attached hydrogens (tertiary/aromatic N) is 5. The summed E-state index contributed by atoms with van der Waals surface area (Å²) >= 11 is 25.2. The van der Waals surface area contributed by atoms with Gasteiger partial charge in [-0.25, -0.2) is 19.2 Å². The summed E-state index contributed by atoms with van der Waals surface area (Å²) in [5.74, 6) is 2.38. The SMILES string of the molecule is CC(=O)Cl.CC1(C)OB(c2ccc(OC3CCOCC3)c(C#N)c2)OC1(C)C.CO.COC(=O)c1ccc(-c2cc3nccc(Cl)c3o2)c(OC)c1.COC(=O)c1ccc(B2OC(C)(C)C(C)(C)O2)c(OC)c1.COC(=O)c1ccc(Br)c(OC)c1.COc1cc(C(C)=O)ccc1-c1cc2nccc(-c3ccc(OC4CCOCC4)c(C#N)c3)c2o1.Cc1cc(C(=O)O)ccc1Br.Clc1ccnc2cc(I)oc12.[2H][B]P. The van der Waals surface area contributed by atoms with Gasteiger partial charge in [0.05, 0.1) is 158 Å². The minimum atomic E-state index is -0.888. The Bertz CT molecular complexity index is 6760. The van der Waals surface area contributed by atoms with Gasteiger partial charge in [-0.1, -0.05) is 63.4 Å². The normalized spacial score (nSPS) is 14.3. The van der Waals surface area contributed by atoms with Crippen LogP contribution in [0.5, 0.6) is 34.5 Å². The molecule has 1 atom stereocenters. The molecule has 4 aliphatic rings. The molecule has 13 aromatic rings. The number of Topliss-reactive ketones (excluding diaryl/α,β-unsaturated/α-hetero) is 1. The fraction of sp³-hybridized carbons (Fsp3) is 0.317. The maximum absolute atomic E-state index is 11.8. The maximum atomic E-state index is 11.8. The van der Waals surface area contributed by atoms with Crippen molar-refractivity contribution in [2.45, 2.75) is 136 Å². The molecule has 0 spiro atoms. The molecule has 10 heterocycles. The van der Waals surface area contributed by atoms with Gasteiger partial charge >= 0.3 is 38.1 Å². The van der Waals surface area contributed by atoms with Gasteiger partial charge in [0, 0.05) is 97.6 Å². The van der Waals surface area contributed by atoms with Crippen LogP contribution in [0, 0.1) is 33.4 Å². The number of carbonyl (C=O) groups is 6. The first-order valence-corrected chi connectivity index (χ1v) is 49.0. The lowest BCUT2D eigenvalue weighted by Crippen LogP contribution is -2.41. The van der Waals surface area contributed by atoms with Crippen LogP contribution in [0.2, 0.25) is 10.0 Å². The van der Waals surface area contributed by atoms with E-state index in [1.807, 2.05) is 117 Å². The molecule has 0 saturated carbocycles. The molecule has 6 aromatic heterocycles. The zero-order valence-electron chi connectivity index (χ0n) is 84.1. The number of hydrogen-bond acceptors (Lipinski definition) is 30. The van der Waals surface area contributed by atoms with Crippen molar-refractivity contribution in [3.8, 4) is 80.4 Å². The van der Waals surface area contributed by atoms with Crippen LogP contribution in [-0.2, 0) is 47.1 Å². The number of aromatic nitrogens is 3. The van der Waals surface area contributed by atoms with Gasteiger partial charge in [-0.3, -0.25) is 24.5 Å². The Morgan fingerprint density at radius 1 is 0.483 bits per heavy atom. The average Bonchev–Trinajstić information content (AvgIpc) is 1.62. The number of esters is 3. The van der Waals surface area contributed by atoms with Crippen LogP contribution >= 0.6 is 98.4 Å². The third-order valence-electron chi connectivity index (χ3n) is 23.0. The number of methoxy groups -OCH3 is 7. The number of carboxylic acids is 1. The first-order valence-electron chi connectivity index (χ1n) is 45.1. The van der Waals surface area contributed by atoms with E-state index in [1.54, 1.807) is 149 Å². The van der Waals surface area contributed by atoms with E-state index in [0.717, 1.165) is 84.2 Å². The molecule has 0 amide bonds. The van der Waals surface area contributed by atoms with E-state index in [9.17, 15) is 39.3 Å². The summed E-state index contributed by atoms with van der Waals surface area (Å²) in [6, 6.07) is 51.6. The largest absolute Gasteiger partial charge is 0.498 e. The Hall–Kier alpha value is -11.5. The summed E-state index contributed by atoms with van der Waals surface area (Å²) in [6.07, 6.45) is 8.46. The van der Waals surface area contributed by atoms with E-state index in [-0.39, 0.29) is 29.2 Å². The van der Waals surface area contributed by atoms with Crippen LogP contribution in [-0.4, -0.2) is 201 Å². The highest BCUT2D eigenvalue weighted by Gasteiger charge is 2.53. The summed E-state index contributed by atoms with van der Waals surface area (Å²) in [5.41, 5.74) is 11.0. The van der Waals surface area contributed by atoms with Crippen molar-refractivity contribution in [3.05, 3.63) is 250 Å². The standard InChI is InChI=1S/C28H24N2O5.C18H24BNO4.C16H12ClNO4.C15H21BO5.C9H9BrO3.C8H7BrO2.C7H3ClINO.C2H3ClO.CH4O.BH3P/c1-17(31)18-3-5-23(26(14-18)32-2)27-15-24-28(35-27)22(7-10-30-24)19-4-6-25(20(13-19)16-29)34-21-8-11-33-12-9-21;1-17(2)18(3,4)24-19(23-17)14-5-6-16(13(11-14)12-20)22-15-7-9-21-10-8-15;1-20-13-7-9(16(19)21-2)3-4-10(13)14-8-12-15(22-14)11(17)5-6-18-12;1-14(2)15(3,4)21-16(20-14)11-8-7-10(13(17)19-6)9-12(11)18-5;1-12-8-5-6(9(11)13-2)3-4-7(8)10;1-5-4-6(8(10)11)2-3-7(5)9;8-4-1-2-10-5-3-6(9)11-7(4)5;1-2(3)4;2*1-2/h3-7,10,13-15,21H,8-9,11-12H2,1-2H3;5-6,11,15H,7-10H2,1-4H3;3-8H,1-2H3;7-9H,1-6H3;3-5H,1-2H3;2-4H,1H3,(H,10,11);1-3H;1H3;2H,1H3;1H,2H2/i;;;;;;;;;1D. The number of fused-ring (bicyclic) bond motifs is 3. The number of aliphatic hydroxyl groups is 1. The number of aromatic carboxylic acids is 1.